The largest absolute Gasteiger partial charge is 0.458 e. The Morgan fingerprint density at radius 2 is 0.662 bits per heavy atom. The lowest BCUT2D eigenvalue weighted by atomic mass is 9.31. The number of rotatable bonds is 2. The minimum absolute atomic E-state index is 0.0744. The Morgan fingerprint density at radius 3 is 1.14 bits per heavy atom. The molecule has 6 nitrogen and oxygen atoms in total. The lowest BCUT2D eigenvalue weighted by molar-refractivity contribution is 0.465. The molecule has 0 fully saturated rings. The van der Waals surface area contributed by atoms with Crippen LogP contribution >= 0.6 is 0 Å². The van der Waals surface area contributed by atoms with Crippen LogP contribution in [-0.4, -0.2) is 31.7 Å². The number of para-hydroxylation sites is 6. The van der Waals surface area contributed by atoms with Gasteiger partial charge < -0.3 is 27.7 Å². The van der Waals surface area contributed by atoms with Gasteiger partial charge in [-0.15, -0.1) is 0 Å². The molecule has 0 radical (unpaired) electrons. The maximum Gasteiger partial charge on any atom is 0.256 e. The fraction of sp³-hybridized carbons (Fsp3) is 0. The number of aromatic nitrogens is 4. The van der Waals surface area contributed by atoms with Crippen molar-refractivity contribution in [2.24, 2.45) is 0 Å². The van der Waals surface area contributed by atoms with E-state index < -0.39 is 0 Å². The van der Waals surface area contributed by atoms with Gasteiger partial charge in [-0.3, -0.25) is 0 Å². The Balaban J connectivity index is 0.865. The molecule has 0 saturated carbocycles. The molecule has 0 bridgehead atoms. The fourth-order valence-corrected chi connectivity index (χ4v) is 14.6. The van der Waals surface area contributed by atoms with Crippen molar-refractivity contribution >= 4 is 133 Å². The van der Waals surface area contributed by atoms with Gasteiger partial charge in [-0.25, -0.2) is 0 Å². The van der Waals surface area contributed by atoms with Crippen molar-refractivity contribution in [2.45, 2.75) is 0 Å². The molecule has 0 spiro atoms. The number of hydrogen-bond acceptors (Lipinski definition) is 2. The van der Waals surface area contributed by atoms with E-state index in [0.717, 1.165) is 56.7 Å². The normalized spacial score (nSPS) is 13.6. The molecule has 4 aliphatic heterocycles. The van der Waals surface area contributed by atoms with E-state index in [-0.39, 0.29) is 13.4 Å². The van der Waals surface area contributed by atoms with Gasteiger partial charge in [-0.1, -0.05) is 127 Å². The molecule has 8 heteroatoms. The van der Waals surface area contributed by atoms with E-state index in [4.69, 9.17) is 9.47 Å². The summed E-state index contributed by atoms with van der Waals surface area (Å²) >= 11 is 0. The highest BCUT2D eigenvalue weighted by molar-refractivity contribution is 7.02. The number of nitrogens with zero attached hydrogens (tertiary/aromatic N) is 4. The van der Waals surface area contributed by atoms with Crippen molar-refractivity contribution in [1.82, 2.24) is 18.3 Å². The summed E-state index contributed by atoms with van der Waals surface area (Å²) in [5, 5.41) is 10.1. The molecule has 338 valence electrons. The Kier molecular flexibility index (Phi) is 6.82. The quantitative estimate of drug-likeness (QED) is 0.162. The van der Waals surface area contributed by atoms with Crippen LogP contribution in [0, 0.1) is 0 Å². The molecule has 0 saturated heterocycles. The second kappa shape index (κ2) is 13.2. The van der Waals surface area contributed by atoms with Gasteiger partial charge in [0.25, 0.3) is 13.4 Å². The molecule has 19 rings (SSSR count). The first-order valence-electron chi connectivity index (χ1n) is 25.7. The molecule has 11 aromatic carbocycles. The number of benzene rings is 11. The van der Waals surface area contributed by atoms with Crippen LogP contribution in [0.15, 0.2) is 218 Å². The standard InChI is InChI=1S/C66H36B2N4O2/c1-3-15-37(16-4-1)69-47-25-9-7-19-39(47)59-49(69)31-33-51-61(59)41-21-11-23-43-65(41)71(51)53-27-13-29-55-63(53)67(43)45-35-46-58(36-57(45)73-55)74-56-30-14-28-54-64(56)68(46)44-24-12-22-42-62-52(72(54)66(42)44)34-32-50-60(62)40-20-8-10-26-48(40)70(50)38-17-5-2-6-18-38/h1-36H. The van der Waals surface area contributed by atoms with Gasteiger partial charge >= 0.3 is 0 Å². The average Bonchev–Trinajstić information content (AvgIpc) is 4.28. The van der Waals surface area contributed by atoms with Crippen LogP contribution in [0.2, 0.25) is 0 Å². The van der Waals surface area contributed by atoms with Crippen LogP contribution in [0.3, 0.4) is 0 Å². The summed E-state index contributed by atoms with van der Waals surface area (Å²) in [6.45, 7) is -0.149. The molecule has 74 heavy (non-hydrogen) atoms. The van der Waals surface area contributed by atoms with E-state index in [2.05, 4.69) is 237 Å². The summed E-state index contributed by atoms with van der Waals surface area (Å²) in [6.07, 6.45) is 0. The topological polar surface area (TPSA) is 38.2 Å². The summed E-state index contributed by atoms with van der Waals surface area (Å²) in [5.74, 6) is 3.45. The van der Waals surface area contributed by atoms with E-state index in [0.29, 0.717) is 0 Å². The van der Waals surface area contributed by atoms with Crippen molar-refractivity contribution in [3.05, 3.63) is 218 Å². The van der Waals surface area contributed by atoms with Gasteiger partial charge in [0.15, 0.2) is 0 Å². The summed E-state index contributed by atoms with van der Waals surface area (Å²) in [7, 11) is 0. The second-order valence-electron chi connectivity index (χ2n) is 20.6. The van der Waals surface area contributed by atoms with E-state index in [1.807, 2.05) is 0 Å². The highest BCUT2D eigenvalue weighted by atomic mass is 16.5. The van der Waals surface area contributed by atoms with Crippen LogP contribution in [0.1, 0.15) is 0 Å². The third-order valence-corrected chi connectivity index (χ3v) is 17.2. The molecule has 8 heterocycles. The zero-order valence-corrected chi connectivity index (χ0v) is 39.5. The first-order valence-corrected chi connectivity index (χ1v) is 25.7. The molecule has 4 aliphatic rings. The summed E-state index contributed by atoms with van der Waals surface area (Å²) in [5.41, 5.74) is 21.6. The number of ether oxygens (including phenoxy) is 2. The third kappa shape index (κ3) is 4.42. The van der Waals surface area contributed by atoms with Crippen molar-refractivity contribution in [1.29, 1.82) is 0 Å². The Hall–Kier alpha value is -9.65. The first kappa shape index (κ1) is 38.1. The molecular weight excluding hydrogens is 902 g/mol. The molecule has 0 atom stereocenters. The van der Waals surface area contributed by atoms with Gasteiger partial charge in [0.2, 0.25) is 0 Å². The van der Waals surface area contributed by atoms with E-state index >= 15 is 0 Å². The van der Waals surface area contributed by atoms with E-state index in [1.54, 1.807) is 0 Å². The van der Waals surface area contributed by atoms with Crippen LogP contribution in [-0.2, 0) is 0 Å². The minimum atomic E-state index is -0.0744. The molecular formula is C66H36B2N4O2. The highest BCUT2D eigenvalue weighted by Crippen LogP contribution is 2.47. The molecule has 0 unspecified atom stereocenters. The maximum atomic E-state index is 7.13. The summed E-state index contributed by atoms with van der Waals surface area (Å²) in [4.78, 5) is 0. The predicted octanol–water partition coefficient (Wildman–Crippen LogP) is 11.9. The van der Waals surface area contributed by atoms with Crippen LogP contribution < -0.4 is 42.3 Å². The predicted molar refractivity (Wildman–Crippen MR) is 306 cm³/mol. The summed E-state index contributed by atoms with van der Waals surface area (Å²) < 4.78 is 24.2. The minimum Gasteiger partial charge on any atom is -0.458 e. The fourth-order valence-electron chi connectivity index (χ4n) is 14.6. The van der Waals surface area contributed by atoms with Crippen LogP contribution in [0.4, 0.5) is 0 Å². The van der Waals surface area contributed by atoms with Crippen molar-refractivity contribution in [3.63, 3.8) is 0 Å². The van der Waals surface area contributed by atoms with E-state index in [1.165, 1.54) is 109 Å². The van der Waals surface area contributed by atoms with Crippen LogP contribution in [0.25, 0.3) is 110 Å². The van der Waals surface area contributed by atoms with Crippen molar-refractivity contribution in [3.8, 4) is 45.7 Å². The monoisotopic (exact) mass is 938 g/mol. The lowest BCUT2D eigenvalue weighted by Crippen LogP contribution is -2.62. The number of fused-ring (bicyclic) bond motifs is 22. The Labute approximate surface area is 423 Å². The van der Waals surface area contributed by atoms with E-state index in [9.17, 15) is 0 Å². The zero-order valence-electron chi connectivity index (χ0n) is 39.5. The molecule has 0 N–H and O–H groups in total. The number of hydrogen-bond donors (Lipinski definition) is 0. The smallest absolute Gasteiger partial charge is 0.256 e. The van der Waals surface area contributed by atoms with Crippen LogP contribution in [0.5, 0.6) is 23.0 Å². The van der Waals surface area contributed by atoms with Gasteiger partial charge in [0.1, 0.15) is 23.0 Å². The summed E-state index contributed by atoms with van der Waals surface area (Å²) in [6, 6.07) is 80.4. The first-order chi connectivity index (χ1) is 36.8. The van der Waals surface area contributed by atoms with Crippen molar-refractivity contribution < 1.29 is 9.47 Å². The average molecular weight is 939 g/mol. The van der Waals surface area contributed by atoms with Gasteiger partial charge in [-0.05, 0) is 118 Å². The van der Waals surface area contributed by atoms with Gasteiger partial charge in [-0.2, -0.15) is 0 Å². The van der Waals surface area contributed by atoms with Gasteiger partial charge in [0, 0.05) is 82.9 Å². The maximum absolute atomic E-state index is 7.13. The molecule has 0 amide bonds. The lowest BCUT2D eigenvalue weighted by Gasteiger charge is -2.36. The SMILES string of the molecule is c1ccc(-n2c3ccccc3c3c4c5cccc6c5n(c4ccc32)-c2cccc3c2B6c2cc4c(cc2O3)Oc2cccc3c2B4c2cccc4c5c6c7ccccc7n(-c7ccccc7)c6ccc5n-3c24)cc1. The Bertz CT molecular complexity index is 4790. The molecule has 15 aromatic rings. The van der Waals surface area contributed by atoms with Crippen molar-refractivity contribution in [2.75, 3.05) is 0 Å². The molecule has 4 aromatic heterocycles. The highest BCUT2D eigenvalue weighted by Gasteiger charge is 2.45. The third-order valence-electron chi connectivity index (χ3n) is 17.2. The molecule has 0 aliphatic carbocycles. The zero-order chi connectivity index (χ0) is 47.7. The second-order valence-corrected chi connectivity index (χ2v) is 20.6. The van der Waals surface area contributed by atoms with Gasteiger partial charge in [0.05, 0.1) is 33.1 Å². The Morgan fingerprint density at radius 1 is 0.270 bits per heavy atom.